The van der Waals surface area contributed by atoms with Crippen molar-refractivity contribution in [2.24, 2.45) is 0 Å². The number of aromatic nitrogens is 3. The van der Waals surface area contributed by atoms with Crippen LogP contribution in [0.1, 0.15) is 22.5 Å². The molecule has 112 valence electrons. The van der Waals surface area contributed by atoms with E-state index in [2.05, 4.69) is 15.0 Å². The van der Waals surface area contributed by atoms with Crippen molar-refractivity contribution in [3.63, 3.8) is 0 Å². The van der Waals surface area contributed by atoms with E-state index in [0.29, 0.717) is 29.9 Å². The van der Waals surface area contributed by atoms with Gasteiger partial charge in [0.15, 0.2) is 5.78 Å². The first kappa shape index (κ1) is 14.9. The molecule has 5 nitrogen and oxygen atoms in total. The predicted molar refractivity (Wildman–Crippen MR) is 85.9 cm³/mol. The highest BCUT2D eigenvalue weighted by molar-refractivity contribution is 7.17. The van der Waals surface area contributed by atoms with Gasteiger partial charge in [-0.1, -0.05) is 6.07 Å². The maximum Gasteiger partial charge on any atom is 0.223 e. The Balaban J connectivity index is 1.76. The summed E-state index contributed by atoms with van der Waals surface area (Å²) in [6.45, 7) is 0. The molecule has 3 rings (SSSR count). The van der Waals surface area contributed by atoms with E-state index in [0.717, 1.165) is 10.3 Å². The molecule has 22 heavy (non-hydrogen) atoms. The fourth-order valence-electron chi connectivity index (χ4n) is 2.08. The summed E-state index contributed by atoms with van der Waals surface area (Å²) in [6, 6.07) is 5.50. The maximum atomic E-state index is 12.4. The van der Waals surface area contributed by atoms with Crippen LogP contribution in [0.25, 0.3) is 10.2 Å². The van der Waals surface area contributed by atoms with Crippen LogP contribution < -0.4 is 4.74 Å². The quantitative estimate of drug-likeness (QED) is 0.527. The second-order valence-corrected chi connectivity index (χ2v) is 5.86. The van der Waals surface area contributed by atoms with E-state index in [9.17, 15) is 4.79 Å². The third kappa shape index (κ3) is 3.08. The number of methoxy groups -OCH3 is 1. The normalized spacial score (nSPS) is 10.8. The van der Waals surface area contributed by atoms with Crippen LogP contribution in [-0.4, -0.2) is 27.8 Å². The zero-order valence-corrected chi connectivity index (χ0v) is 13.3. The second-order valence-electron chi connectivity index (χ2n) is 4.61. The van der Waals surface area contributed by atoms with Crippen LogP contribution in [0, 0.1) is 0 Å². The molecule has 0 radical (unpaired) electrons. The van der Waals surface area contributed by atoms with Gasteiger partial charge in [0.05, 0.1) is 17.3 Å². The number of pyridine rings is 1. The average molecular weight is 334 g/mol. The Morgan fingerprint density at radius 3 is 2.91 bits per heavy atom. The number of Topliss-reactive ketones (excluding diaryl/α,β-unsaturated/α-hetero) is 1. The van der Waals surface area contributed by atoms with Crippen molar-refractivity contribution >= 4 is 38.9 Å². The molecule has 0 bridgehead atoms. The Morgan fingerprint density at radius 2 is 2.18 bits per heavy atom. The van der Waals surface area contributed by atoms with Gasteiger partial charge in [-0.3, -0.25) is 4.79 Å². The highest BCUT2D eigenvalue weighted by atomic mass is 35.5. The largest absolute Gasteiger partial charge is 0.481 e. The summed E-state index contributed by atoms with van der Waals surface area (Å²) in [7, 11) is 1.57. The van der Waals surface area contributed by atoms with Gasteiger partial charge in [-0.15, -0.1) is 11.3 Å². The van der Waals surface area contributed by atoms with Crippen molar-refractivity contribution in [2.45, 2.75) is 12.8 Å². The van der Waals surface area contributed by atoms with Gasteiger partial charge in [0.25, 0.3) is 0 Å². The van der Waals surface area contributed by atoms with Gasteiger partial charge in [0.1, 0.15) is 5.69 Å². The number of ketones is 1. The molecule has 0 atom stereocenters. The van der Waals surface area contributed by atoms with Crippen LogP contribution in [0.15, 0.2) is 29.8 Å². The third-order valence-electron chi connectivity index (χ3n) is 3.19. The molecule has 0 aliphatic carbocycles. The minimum Gasteiger partial charge on any atom is -0.481 e. The van der Waals surface area contributed by atoms with Crippen molar-refractivity contribution < 1.29 is 9.53 Å². The van der Waals surface area contributed by atoms with Crippen LogP contribution in [0.3, 0.4) is 0 Å². The number of thiophene rings is 1. The first-order valence-electron chi connectivity index (χ1n) is 6.60. The summed E-state index contributed by atoms with van der Waals surface area (Å²) in [6.07, 6.45) is 2.64. The highest BCUT2D eigenvalue weighted by Crippen LogP contribution is 2.25. The van der Waals surface area contributed by atoms with E-state index < -0.39 is 0 Å². The first-order chi connectivity index (χ1) is 10.7. The van der Waals surface area contributed by atoms with Crippen molar-refractivity contribution in [3.8, 4) is 5.88 Å². The number of carbonyl (C=O) groups is 1. The minimum atomic E-state index is -0.0485. The molecule has 3 heterocycles. The highest BCUT2D eigenvalue weighted by Gasteiger charge is 2.15. The second kappa shape index (κ2) is 6.37. The summed E-state index contributed by atoms with van der Waals surface area (Å²) in [4.78, 5) is 24.7. The van der Waals surface area contributed by atoms with Crippen LogP contribution >= 0.6 is 22.9 Å². The van der Waals surface area contributed by atoms with Crippen LogP contribution in [-0.2, 0) is 6.42 Å². The molecule has 0 aromatic carbocycles. The molecule has 0 saturated carbocycles. The fraction of sp³-hybridized carbons (Fsp3) is 0.200. The smallest absolute Gasteiger partial charge is 0.223 e. The number of aryl methyl sites for hydroxylation is 1. The molecule has 0 aliphatic heterocycles. The number of hydrogen-bond donors (Lipinski definition) is 0. The Bertz CT molecular complexity index is 817. The number of fused-ring (bicyclic) bond motifs is 1. The Kier molecular flexibility index (Phi) is 4.31. The lowest BCUT2D eigenvalue weighted by molar-refractivity contribution is 0.0980. The molecular formula is C15H12ClN3O2S. The summed E-state index contributed by atoms with van der Waals surface area (Å²) < 4.78 is 5.79. The Morgan fingerprint density at radius 1 is 1.32 bits per heavy atom. The number of rotatable bonds is 5. The van der Waals surface area contributed by atoms with Crippen LogP contribution in [0.2, 0.25) is 5.28 Å². The summed E-state index contributed by atoms with van der Waals surface area (Å²) in [5.41, 5.74) is 2.07. The molecule has 0 amide bonds. The molecule has 0 N–H and O–H groups in total. The molecule has 0 aliphatic rings. The Hall–Kier alpha value is -2.05. The zero-order valence-electron chi connectivity index (χ0n) is 11.7. The molecule has 3 aromatic rings. The monoisotopic (exact) mass is 333 g/mol. The van der Waals surface area contributed by atoms with Gasteiger partial charge in [-0.25, -0.2) is 15.0 Å². The molecule has 3 aromatic heterocycles. The van der Waals surface area contributed by atoms with Gasteiger partial charge in [0, 0.05) is 18.7 Å². The number of halogens is 1. The van der Waals surface area contributed by atoms with E-state index in [4.69, 9.17) is 16.3 Å². The van der Waals surface area contributed by atoms with E-state index in [1.807, 2.05) is 17.5 Å². The summed E-state index contributed by atoms with van der Waals surface area (Å²) in [5.74, 6) is 0.505. The predicted octanol–water partition coefficient (Wildman–Crippen LogP) is 3.56. The van der Waals surface area contributed by atoms with E-state index in [1.54, 1.807) is 19.4 Å². The molecule has 7 heteroatoms. The summed E-state index contributed by atoms with van der Waals surface area (Å²) >= 11 is 7.33. The van der Waals surface area contributed by atoms with Crippen LogP contribution in [0.5, 0.6) is 5.88 Å². The maximum absolute atomic E-state index is 12.4. The molecular weight excluding hydrogens is 322 g/mol. The number of nitrogens with zero attached hydrogens (tertiary/aromatic N) is 3. The standard InChI is InChI=1S/C15H12ClN3O2S/c1-21-12-5-3-9(8-17-12)2-4-11(20)13-14-10(6-7-22-14)18-15(16)19-13/h3,5-8H,2,4H2,1H3. The topological polar surface area (TPSA) is 65.0 Å². The minimum absolute atomic E-state index is 0.0485. The molecule has 0 saturated heterocycles. The average Bonchev–Trinajstić information content (AvgIpc) is 3.00. The Labute approximate surface area is 136 Å². The first-order valence-corrected chi connectivity index (χ1v) is 7.86. The fourth-order valence-corrected chi connectivity index (χ4v) is 3.09. The summed E-state index contributed by atoms with van der Waals surface area (Å²) in [5, 5.41) is 1.97. The van der Waals surface area contributed by atoms with Gasteiger partial charge >= 0.3 is 0 Å². The van der Waals surface area contributed by atoms with Crippen molar-refractivity contribution in [1.29, 1.82) is 0 Å². The van der Waals surface area contributed by atoms with E-state index in [-0.39, 0.29) is 11.1 Å². The third-order valence-corrected chi connectivity index (χ3v) is 4.27. The molecule has 0 fully saturated rings. The van der Waals surface area contributed by atoms with Crippen molar-refractivity contribution in [3.05, 3.63) is 46.3 Å². The number of hydrogen-bond acceptors (Lipinski definition) is 6. The zero-order chi connectivity index (χ0) is 15.5. The number of ether oxygens (including phenoxy) is 1. The molecule has 0 unspecified atom stereocenters. The lowest BCUT2D eigenvalue weighted by atomic mass is 10.1. The van der Waals surface area contributed by atoms with Crippen molar-refractivity contribution in [2.75, 3.05) is 7.11 Å². The lowest BCUT2D eigenvalue weighted by Gasteiger charge is -2.04. The molecule has 0 spiro atoms. The van der Waals surface area contributed by atoms with Gasteiger partial charge in [-0.05, 0) is 35.0 Å². The SMILES string of the molecule is COc1ccc(CCC(=O)c2nc(Cl)nc3ccsc23)cn1. The van der Waals surface area contributed by atoms with E-state index >= 15 is 0 Å². The van der Waals surface area contributed by atoms with Crippen LogP contribution in [0.4, 0.5) is 0 Å². The van der Waals surface area contributed by atoms with Crippen molar-refractivity contribution in [1.82, 2.24) is 15.0 Å². The van der Waals surface area contributed by atoms with E-state index in [1.165, 1.54) is 11.3 Å². The number of carbonyl (C=O) groups excluding carboxylic acids is 1. The lowest BCUT2D eigenvalue weighted by Crippen LogP contribution is -2.05. The van der Waals surface area contributed by atoms with Gasteiger partial charge in [0.2, 0.25) is 11.2 Å². The van der Waals surface area contributed by atoms with Gasteiger partial charge in [-0.2, -0.15) is 0 Å². The van der Waals surface area contributed by atoms with Gasteiger partial charge < -0.3 is 4.74 Å².